The van der Waals surface area contributed by atoms with E-state index in [1.165, 1.54) is 19.1 Å². The van der Waals surface area contributed by atoms with Gasteiger partial charge < -0.3 is 14.6 Å². The Morgan fingerprint density at radius 3 is 2.77 bits per heavy atom. The highest BCUT2D eigenvalue weighted by Gasteiger charge is 2.22. The zero-order valence-electron chi connectivity index (χ0n) is 11.7. The van der Waals surface area contributed by atoms with Crippen molar-refractivity contribution in [2.75, 3.05) is 5.32 Å². The van der Waals surface area contributed by atoms with Crippen molar-refractivity contribution in [2.45, 2.75) is 20.0 Å². The highest BCUT2D eigenvalue weighted by molar-refractivity contribution is 6.30. The maximum Gasteiger partial charge on any atom is 0.341 e. The number of aryl methyl sites for hydroxylation is 1. The molecular weight excluding hydrogens is 315 g/mol. The lowest BCUT2D eigenvalue weighted by Gasteiger charge is -2.12. The Kier molecular flexibility index (Phi) is 4.77. The molecule has 1 aromatic heterocycles. The van der Waals surface area contributed by atoms with Crippen molar-refractivity contribution in [1.82, 2.24) is 5.16 Å². The summed E-state index contributed by atoms with van der Waals surface area (Å²) in [5, 5.41) is 6.16. The molecule has 6 nitrogen and oxygen atoms in total. The van der Waals surface area contributed by atoms with Crippen molar-refractivity contribution in [3.8, 4) is 0 Å². The Bertz CT molecular complexity index is 717. The number of carbonyl (C=O) groups excluding carboxylic acids is 2. The minimum absolute atomic E-state index is 0.184. The van der Waals surface area contributed by atoms with Gasteiger partial charge in [-0.3, -0.25) is 4.79 Å². The fourth-order valence-electron chi connectivity index (χ4n) is 1.58. The Labute approximate surface area is 130 Å². The molecule has 1 atom stereocenters. The van der Waals surface area contributed by atoms with E-state index in [-0.39, 0.29) is 16.4 Å². The normalized spacial score (nSPS) is 11.8. The van der Waals surface area contributed by atoms with E-state index in [4.69, 9.17) is 20.9 Å². The first kappa shape index (κ1) is 16.0. The van der Waals surface area contributed by atoms with Gasteiger partial charge in [-0.05, 0) is 32.0 Å². The number of ether oxygens (including phenoxy) is 1. The Morgan fingerprint density at radius 2 is 2.14 bits per heavy atom. The number of hydrogen-bond donors (Lipinski definition) is 1. The minimum atomic E-state index is -1.15. The largest absolute Gasteiger partial charge is 0.449 e. The zero-order chi connectivity index (χ0) is 16.3. The van der Waals surface area contributed by atoms with E-state index in [0.29, 0.717) is 5.76 Å². The number of aromatic nitrogens is 1. The number of amides is 1. The SMILES string of the molecule is Cc1cc(NC(=O)[C@@H](C)OC(=O)c2cc(Cl)ccc2F)no1. The van der Waals surface area contributed by atoms with Crippen molar-refractivity contribution in [2.24, 2.45) is 0 Å². The minimum Gasteiger partial charge on any atom is -0.449 e. The second kappa shape index (κ2) is 6.57. The van der Waals surface area contributed by atoms with Crippen molar-refractivity contribution < 1.29 is 23.2 Å². The predicted octanol–water partition coefficient (Wildman–Crippen LogP) is 2.96. The van der Waals surface area contributed by atoms with Crippen molar-refractivity contribution in [3.63, 3.8) is 0 Å². The molecule has 8 heteroatoms. The van der Waals surface area contributed by atoms with Crippen LogP contribution in [0.3, 0.4) is 0 Å². The second-order valence-electron chi connectivity index (χ2n) is 4.48. The number of benzene rings is 1. The van der Waals surface area contributed by atoms with E-state index in [1.807, 2.05) is 0 Å². The quantitative estimate of drug-likeness (QED) is 0.873. The molecule has 0 saturated carbocycles. The fraction of sp³-hybridized carbons (Fsp3) is 0.214. The van der Waals surface area contributed by atoms with Gasteiger partial charge >= 0.3 is 5.97 Å². The van der Waals surface area contributed by atoms with Crippen LogP contribution in [0.15, 0.2) is 28.8 Å². The van der Waals surface area contributed by atoms with Crippen LogP contribution in [0.2, 0.25) is 5.02 Å². The molecule has 0 aliphatic carbocycles. The maximum absolute atomic E-state index is 13.5. The molecule has 0 bridgehead atoms. The number of nitrogens with one attached hydrogen (secondary N) is 1. The summed E-state index contributed by atoms with van der Waals surface area (Å²) in [5.74, 6) is -1.68. The molecule has 2 aromatic rings. The average molecular weight is 327 g/mol. The van der Waals surface area contributed by atoms with Gasteiger partial charge in [-0.1, -0.05) is 16.8 Å². The summed E-state index contributed by atoms with van der Waals surface area (Å²) in [6, 6.07) is 4.98. The monoisotopic (exact) mass is 326 g/mol. The fourth-order valence-corrected chi connectivity index (χ4v) is 1.76. The Balaban J connectivity index is 2.01. The predicted molar refractivity (Wildman–Crippen MR) is 76.2 cm³/mol. The number of esters is 1. The van der Waals surface area contributed by atoms with Gasteiger partial charge in [0, 0.05) is 11.1 Å². The molecule has 116 valence electrons. The number of carbonyl (C=O) groups is 2. The van der Waals surface area contributed by atoms with Crippen molar-refractivity contribution >= 4 is 29.3 Å². The summed E-state index contributed by atoms with van der Waals surface area (Å²) in [7, 11) is 0. The van der Waals surface area contributed by atoms with Crippen LogP contribution < -0.4 is 5.32 Å². The van der Waals surface area contributed by atoms with E-state index < -0.39 is 23.8 Å². The second-order valence-corrected chi connectivity index (χ2v) is 4.92. The molecule has 1 heterocycles. The summed E-state index contributed by atoms with van der Waals surface area (Å²) in [5.41, 5.74) is -0.343. The van der Waals surface area contributed by atoms with Crippen molar-refractivity contribution in [3.05, 3.63) is 46.4 Å². The summed E-state index contributed by atoms with van der Waals surface area (Å²) in [6.07, 6.45) is -1.15. The molecule has 2 rings (SSSR count). The third kappa shape index (κ3) is 3.82. The van der Waals surface area contributed by atoms with E-state index >= 15 is 0 Å². The molecule has 22 heavy (non-hydrogen) atoms. The molecule has 0 aliphatic heterocycles. The van der Waals surface area contributed by atoms with E-state index in [2.05, 4.69) is 10.5 Å². The number of rotatable bonds is 4. The number of halogens is 2. The molecule has 0 unspecified atom stereocenters. The van der Waals surface area contributed by atoms with Gasteiger partial charge in [-0.25, -0.2) is 9.18 Å². The Morgan fingerprint density at radius 1 is 1.41 bits per heavy atom. The van der Waals surface area contributed by atoms with Gasteiger partial charge in [0.05, 0.1) is 5.56 Å². The first-order valence-corrected chi connectivity index (χ1v) is 6.65. The highest BCUT2D eigenvalue weighted by atomic mass is 35.5. The van der Waals surface area contributed by atoms with Crippen LogP contribution >= 0.6 is 11.6 Å². The highest BCUT2D eigenvalue weighted by Crippen LogP contribution is 2.17. The molecule has 1 aromatic carbocycles. The molecule has 0 radical (unpaired) electrons. The Hall–Kier alpha value is -2.41. The third-order valence-corrected chi connectivity index (χ3v) is 2.92. The lowest BCUT2D eigenvalue weighted by Crippen LogP contribution is -2.30. The van der Waals surface area contributed by atoms with E-state index in [9.17, 15) is 14.0 Å². The number of nitrogens with zero attached hydrogens (tertiary/aromatic N) is 1. The smallest absolute Gasteiger partial charge is 0.341 e. The topological polar surface area (TPSA) is 81.4 Å². The summed E-state index contributed by atoms with van der Waals surface area (Å²) in [6.45, 7) is 3.01. The molecule has 0 fully saturated rings. The van der Waals surface area contributed by atoms with Gasteiger partial charge in [-0.2, -0.15) is 0 Å². The summed E-state index contributed by atoms with van der Waals surface area (Å²) < 4.78 is 23.2. The first-order valence-electron chi connectivity index (χ1n) is 6.27. The standard InChI is InChI=1S/C14H12ClFN2O4/c1-7-5-12(18-22-7)17-13(19)8(2)21-14(20)10-6-9(15)3-4-11(10)16/h3-6,8H,1-2H3,(H,17,18,19)/t8-/m1/s1. The summed E-state index contributed by atoms with van der Waals surface area (Å²) >= 11 is 5.70. The van der Waals surface area contributed by atoms with Gasteiger partial charge in [0.25, 0.3) is 5.91 Å². The van der Waals surface area contributed by atoms with Gasteiger partial charge in [0.2, 0.25) is 0 Å². The van der Waals surface area contributed by atoms with E-state index in [1.54, 1.807) is 6.92 Å². The molecule has 1 N–H and O–H groups in total. The molecular formula is C14H12ClFN2O4. The van der Waals surface area contributed by atoms with Crippen LogP contribution in [0.1, 0.15) is 23.0 Å². The molecule has 0 saturated heterocycles. The lowest BCUT2D eigenvalue weighted by molar-refractivity contribution is -0.123. The first-order chi connectivity index (χ1) is 10.4. The van der Waals surface area contributed by atoms with Crippen molar-refractivity contribution in [1.29, 1.82) is 0 Å². The number of anilines is 1. The van der Waals surface area contributed by atoms with Crippen LogP contribution in [-0.4, -0.2) is 23.1 Å². The zero-order valence-corrected chi connectivity index (χ0v) is 12.5. The molecule has 1 amide bonds. The average Bonchev–Trinajstić information content (AvgIpc) is 2.86. The van der Waals surface area contributed by atoms with Crippen LogP contribution in [0.25, 0.3) is 0 Å². The molecule has 0 spiro atoms. The maximum atomic E-state index is 13.5. The van der Waals surface area contributed by atoms with Crippen LogP contribution in [0.5, 0.6) is 0 Å². The van der Waals surface area contributed by atoms with Crippen LogP contribution in [0, 0.1) is 12.7 Å². The van der Waals surface area contributed by atoms with Gasteiger partial charge in [0.1, 0.15) is 11.6 Å². The summed E-state index contributed by atoms with van der Waals surface area (Å²) in [4.78, 5) is 23.7. The third-order valence-electron chi connectivity index (χ3n) is 2.68. The lowest BCUT2D eigenvalue weighted by atomic mass is 10.2. The van der Waals surface area contributed by atoms with E-state index in [0.717, 1.165) is 12.1 Å². The molecule has 0 aliphatic rings. The van der Waals surface area contributed by atoms with Gasteiger partial charge in [-0.15, -0.1) is 0 Å². The van der Waals surface area contributed by atoms with Gasteiger partial charge in [0.15, 0.2) is 11.9 Å². The van der Waals surface area contributed by atoms with Crippen LogP contribution in [-0.2, 0) is 9.53 Å². The number of hydrogen-bond acceptors (Lipinski definition) is 5. The van der Waals surface area contributed by atoms with Crippen LogP contribution in [0.4, 0.5) is 10.2 Å².